The quantitative estimate of drug-likeness (QED) is 0.579. The number of carbonyl (C=O) groups is 1. The highest BCUT2D eigenvalue weighted by Gasteiger charge is 2.35. The van der Waals surface area contributed by atoms with Gasteiger partial charge in [-0.1, -0.05) is 30.3 Å². The van der Waals surface area contributed by atoms with Crippen molar-refractivity contribution in [3.05, 3.63) is 59.7 Å². The number of hydrogen-bond acceptors (Lipinski definition) is 6. The van der Waals surface area contributed by atoms with Crippen molar-refractivity contribution in [3.63, 3.8) is 0 Å². The molecule has 1 saturated heterocycles. The van der Waals surface area contributed by atoms with Gasteiger partial charge in [-0.15, -0.1) is 5.10 Å². The topological polar surface area (TPSA) is 60.7 Å². The molecule has 2 aliphatic rings. The Morgan fingerprint density at radius 2 is 1.79 bits per heavy atom. The van der Waals surface area contributed by atoms with Gasteiger partial charge in [0.15, 0.2) is 5.71 Å². The number of carbonyl (C=O) groups excluding carboxylic acids is 1. The lowest BCUT2D eigenvalue weighted by Crippen LogP contribution is -2.45. The Hall–Kier alpha value is -3.03. The Kier molecular flexibility index (Phi) is 5.69. The van der Waals surface area contributed by atoms with Crippen LogP contribution in [0.5, 0.6) is 0 Å². The summed E-state index contributed by atoms with van der Waals surface area (Å²) >= 11 is 0. The Morgan fingerprint density at radius 1 is 1.07 bits per heavy atom. The minimum atomic E-state index is -0.113. The first kappa shape index (κ1) is 19.3. The van der Waals surface area contributed by atoms with Crippen molar-refractivity contribution in [1.82, 2.24) is 4.90 Å². The number of fused-ring (bicyclic) bond motifs is 1. The van der Waals surface area contributed by atoms with Crippen molar-refractivity contribution in [1.29, 1.82) is 0 Å². The molecule has 2 heterocycles. The summed E-state index contributed by atoms with van der Waals surface area (Å²) in [4.78, 5) is 19.1. The van der Waals surface area contributed by atoms with Gasteiger partial charge in [-0.25, -0.2) is 0 Å². The van der Waals surface area contributed by atoms with E-state index < -0.39 is 0 Å². The number of nitrogens with zero attached hydrogens (tertiary/aromatic N) is 5. The van der Waals surface area contributed by atoms with E-state index in [2.05, 4.69) is 15.1 Å². The predicted octanol–water partition coefficient (Wildman–Crippen LogP) is 2.21. The van der Waals surface area contributed by atoms with Crippen molar-refractivity contribution in [3.8, 4) is 0 Å². The summed E-state index contributed by atoms with van der Waals surface area (Å²) in [7, 11) is 4.00. The van der Waals surface area contributed by atoms with E-state index in [-0.39, 0.29) is 5.91 Å². The van der Waals surface area contributed by atoms with Crippen LogP contribution in [-0.2, 0) is 9.53 Å². The van der Waals surface area contributed by atoms with E-state index in [4.69, 9.17) is 4.74 Å². The molecular formula is C22H25N5O2. The largest absolute Gasteiger partial charge is 0.379 e. The third-order valence-corrected chi connectivity index (χ3v) is 5.12. The number of para-hydroxylation sites is 1. The zero-order chi connectivity index (χ0) is 20.2. The maximum absolute atomic E-state index is 13.1. The molecule has 2 aromatic rings. The Morgan fingerprint density at radius 3 is 2.52 bits per heavy atom. The van der Waals surface area contributed by atoms with E-state index in [1.54, 1.807) is 11.1 Å². The summed E-state index contributed by atoms with van der Waals surface area (Å²) in [5.41, 5.74) is 4.14. The summed E-state index contributed by atoms with van der Waals surface area (Å²) < 4.78 is 5.41. The molecule has 1 amide bonds. The summed E-state index contributed by atoms with van der Waals surface area (Å²) in [6.07, 6.45) is 1.67. The highest BCUT2D eigenvalue weighted by Crippen LogP contribution is 2.29. The molecule has 4 rings (SSSR count). The van der Waals surface area contributed by atoms with Crippen LogP contribution in [0.1, 0.15) is 11.1 Å². The zero-order valence-corrected chi connectivity index (χ0v) is 16.8. The van der Waals surface area contributed by atoms with Crippen LogP contribution in [0.15, 0.2) is 58.7 Å². The Labute approximate surface area is 170 Å². The van der Waals surface area contributed by atoms with E-state index in [0.717, 1.165) is 35.6 Å². The third kappa shape index (κ3) is 4.21. The first-order valence-electron chi connectivity index (χ1n) is 9.73. The zero-order valence-electron chi connectivity index (χ0n) is 16.8. The molecule has 0 bridgehead atoms. The van der Waals surface area contributed by atoms with Crippen LogP contribution in [0.25, 0.3) is 0 Å². The van der Waals surface area contributed by atoms with E-state index >= 15 is 0 Å². The van der Waals surface area contributed by atoms with Gasteiger partial charge in [0.2, 0.25) is 0 Å². The molecule has 0 aliphatic carbocycles. The van der Waals surface area contributed by atoms with Crippen molar-refractivity contribution in [2.24, 2.45) is 10.2 Å². The molecule has 2 aliphatic heterocycles. The minimum absolute atomic E-state index is 0.113. The number of ether oxygens (including phenoxy) is 1. The number of rotatable bonds is 5. The molecule has 0 aromatic heterocycles. The molecule has 1 fully saturated rings. The molecule has 0 atom stereocenters. The van der Waals surface area contributed by atoms with Crippen LogP contribution in [0, 0.1) is 0 Å². The van der Waals surface area contributed by atoms with Gasteiger partial charge in [-0.3, -0.25) is 14.6 Å². The Bertz CT molecular complexity index is 930. The van der Waals surface area contributed by atoms with Crippen molar-refractivity contribution >= 4 is 29.2 Å². The molecule has 0 N–H and O–H groups in total. The van der Waals surface area contributed by atoms with Gasteiger partial charge in [0.1, 0.15) is 0 Å². The second-order valence-electron chi connectivity index (χ2n) is 7.30. The number of anilines is 2. The normalized spacial score (nSPS) is 18.6. The first-order valence-corrected chi connectivity index (χ1v) is 9.73. The molecular weight excluding hydrogens is 366 g/mol. The fourth-order valence-corrected chi connectivity index (χ4v) is 3.45. The van der Waals surface area contributed by atoms with E-state index in [9.17, 15) is 4.79 Å². The smallest absolute Gasteiger partial charge is 0.280 e. The summed E-state index contributed by atoms with van der Waals surface area (Å²) in [6, 6.07) is 15.7. The Balaban J connectivity index is 1.54. The van der Waals surface area contributed by atoms with Gasteiger partial charge in [0.05, 0.1) is 31.8 Å². The second kappa shape index (κ2) is 8.55. The number of morpholine rings is 1. The standard InChI is InChI=1S/C22H25N5O2/c1-25(2)18-9-7-17(8-10-18)15-23-24-21-19-5-3-4-6-20(19)27(22(21)28)16-26-11-13-29-14-12-26/h3-10,15H,11-14,16H2,1-2H3/b23-15+,24-21+. The van der Waals surface area contributed by atoms with E-state index in [1.807, 2.05) is 67.5 Å². The molecule has 2 aromatic carbocycles. The average molecular weight is 391 g/mol. The maximum atomic E-state index is 13.1. The molecule has 29 heavy (non-hydrogen) atoms. The SMILES string of the molecule is CN(C)c1ccc(/C=N/N=C2/C(=O)N(CN3CCOCC3)c3ccccc32)cc1. The van der Waals surface area contributed by atoms with Gasteiger partial charge < -0.3 is 9.64 Å². The number of benzene rings is 2. The summed E-state index contributed by atoms with van der Waals surface area (Å²) in [5.74, 6) is -0.113. The second-order valence-corrected chi connectivity index (χ2v) is 7.30. The molecule has 0 saturated carbocycles. The summed E-state index contributed by atoms with van der Waals surface area (Å²) in [5, 5.41) is 8.48. The fourth-order valence-electron chi connectivity index (χ4n) is 3.45. The van der Waals surface area contributed by atoms with Gasteiger partial charge >= 0.3 is 0 Å². The van der Waals surface area contributed by atoms with Crippen molar-refractivity contribution in [2.75, 3.05) is 56.9 Å². The lowest BCUT2D eigenvalue weighted by atomic mass is 10.1. The lowest BCUT2D eigenvalue weighted by molar-refractivity contribution is -0.112. The monoisotopic (exact) mass is 391 g/mol. The molecule has 7 nitrogen and oxygen atoms in total. The minimum Gasteiger partial charge on any atom is -0.379 e. The van der Waals surface area contributed by atoms with Crippen LogP contribution in [0.2, 0.25) is 0 Å². The van der Waals surface area contributed by atoms with E-state index in [0.29, 0.717) is 25.6 Å². The average Bonchev–Trinajstić information content (AvgIpc) is 3.01. The molecule has 0 unspecified atom stereocenters. The fraction of sp³-hybridized carbons (Fsp3) is 0.318. The molecule has 150 valence electrons. The van der Waals surface area contributed by atoms with Gasteiger partial charge in [-0.2, -0.15) is 5.10 Å². The molecule has 0 radical (unpaired) electrons. The van der Waals surface area contributed by atoms with Gasteiger partial charge in [0.25, 0.3) is 5.91 Å². The van der Waals surface area contributed by atoms with E-state index in [1.165, 1.54) is 0 Å². The van der Waals surface area contributed by atoms with Crippen LogP contribution >= 0.6 is 0 Å². The van der Waals surface area contributed by atoms with Crippen LogP contribution in [0.4, 0.5) is 11.4 Å². The number of hydrogen-bond donors (Lipinski definition) is 0. The molecule has 7 heteroatoms. The first-order chi connectivity index (χ1) is 14.1. The lowest BCUT2D eigenvalue weighted by Gasteiger charge is -2.30. The maximum Gasteiger partial charge on any atom is 0.280 e. The van der Waals surface area contributed by atoms with Crippen molar-refractivity contribution < 1.29 is 9.53 Å². The van der Waals surface area contributed by atoms with Crippen LogP contribution in [-0.4, -0.2) is 69.8 Å². The summed E-state index contributed by atoms with van der Waals surface area (Å²) in [6.45, 7) is 3.57. The predicted molar refractivity (Wildman–Crippen MR) is 116 cm³/mol. The number of amides is 1. The van der Waals surface area contributed by atoms with Gasteiger partial charge in [0, 0.05) is 38.4 Å². The van der Waals surface area contributed by atoms with Crippen LogP contribution < -0.4 is 9.80 Å². The van der Waals surface area contributed by atoms with Crippen LogP contribution in [0.3, 0.4) is 0 Å². The van der Waals surface area contributed by atoms with Gasteiger partial charge in [-0.05, 0) is 23.8 Å². The highest BCUT2D eigenvalue weighted by molar-refractivity contribution is 6.54. The van der Waals surface area contributed by atoms with Crippen molar-refractivity contribution in [2.45, 2.75) is 0 Å². The third-order valence-electron chi connectivity index (χ3n) is 5.12. The highest BCUT2D eigenvalue weighted by atomic mass is 16.5. The molecule has 0 spiro atoms.